The van der Waals surface area contributed by atoms with E-state index >= 15 is 0 Å². The van der Waals surface area contributed by atoms with E-state index in [0.29, 0.717) is 18.6 Å². The van der Waals surface area contributed by atoms with E-state index in [-0.39, 0.29) is 18.7 Å². The highest BCUT2D eigenvalue weighted by atomic mass is 79.9. The molecule has 0 bridgehead atoms. The highest BCUT2D eigenvalue weighted by molar-refractivity contribution is 9.10. The van der Waals surface area contributed by atoms with Gasteiger partial charge >= 0.3 is 11.8 Å². The molecule has 0 saturated carbocycles. The van der Waals surface area contributed by atoms with Crippen LogP contribution in [0.15, 0.2) is 51.8 Å². The number of aromatic nitrogens is 3. The summed E-state index contributed by atoms with van der Waals surface area (Å²) in [5, 5.41) is 6.45. The van der Waals surface area contributed by atoms with E-state index < -0.39 is 11.8 Å². The maximum Gasteiger partial charge on any atom is 0.407 e. The highest BCUT2D eigenvalue weighted by Gasteiger charge is 2.10. The Kier molecular flexibility index (Phi) is 7.58. The molecule has 1 heterocycles. The molecule has 0 spiro atoms. The van der Waals surface area contributed by atoms with Crippen molar-refractivity contribution in [1.29, 1.82) is 0 Å². The van der Waals surface area contributed by atoms with Crippen LogP contribution in [0.5, 0.6) is 0 Å². The largest absolute Gasteiger partial charge is 0.450 e. The number of hydrogen-bond donors (Lipinski definition) is 1. The second-order valence-corrected chi connectivity index (χ2v) is 6.44. The predicted octanol–water partition coefficient (Wildman–Crippen LogP) is 3.18. The van der Waals surface area contributed by atoms with Crippen molar-refractivity contribution >= 4 is 22.0 Å². The van der Waals surface area contributed by atoms with Gasteiger partial charge in [-0.3, -0.25) is 0 Å². The van der Waals surface area contributed by atoms with Crippen LogP contribution in [0.3, 0.4) is 0 Å². The lowest BCUT2D eigenvalue weighted by molar-refractivity contribution is 0.145. The summed E-state index contributed by atoms with van der Waals surface area (Å²) in [5.74, 6) is 0. The Morgan fingerprint density at radius 2 is 2.12 bits per heavy atom. The predicted molar refractivity (Wildman–Crippen MR) is 99.0 cm³/mol. The summed E-state index contributed by atoms with van der Waals surface area (Å²) in [6.45, 7) is 2.15. The smallest absolute Gasteiger partial charge is 0.407 e. The molecule has 140 valence electrons. The van der Waals surface area contributed by atoms with Gasteiger partial charge in [0.1, 0.15) is 6.33 Å². The number of alkyl carbamates (subject to hydrolysis) is 1. The van der Waals surface area contributed by atoms with Crippen molar-refractivity contribution in [1.82, 2.24) is 19.7 Å². The van der Waals surface area contributed by atoms with E-state index in [1.54, 1.807) is 24.3 Å². The minimum Gasteiger partial charge on any atom is -0.450 e. The summed E-state index contributed by atoms with van der Waals surface area (Å²) in [7, 11) is 0. The van der Waals surface area contributed by atoms with Gasteiger partial charge in [-0.05, 0) is 36.3 Å². The fourth-order valence-corrected chi connectivity index (χ4v) is 2.36. The summed E-state index contributed by atoms with van der Waals surface area (Å²) < 4.78 is 21.4. The highest BCUT2D eigenvalue weighted by Crippen LogP contribution is 2.12. The van der Waals surface area contributed by atoms with E-state index in [1.807, 2.05) is 6.92 Å². The molecule has 0 atom stereocenters. The molecule has 0 unspecified atom stereocenters. The van der Waals surface area contributed by atoms with E-state index in [0.717, 1.165) is 22.0 Å². The van der Waals surface area contributed by atoms with E-state index in [2.05, 4.69) is 26.3 Å². The Hall–Kier alpha value is -2.42. The van der Waals surface area contributed by atoms with Crippen LogP contribution >= 0.6 is 15.9 Å². The minimum atomic E-state index is -0.620. The maximum absolute atomic E-state index is 13.1. The first-order valence-corrected chi connectivity index (χ1v) is 8.93. The molecule has 2 aromatic rings. The first-order valence-electron chi connectivity index (χ1n) is 8.14. The van der Waals surface area contributed by atoms with Gasteiger partial charge < -0.3 is 10.1 Å². The second kappa shape index (κ2) is 9.91. The third-order valence-corrected chi connectivity index (χ3v) is 4.06. The van der Waals surface area contributed by atoms with Gasteiger partial charge in [0.15, 0.2) is 0 Å². The lowest BCUT2D eigenvalue weighted by Gasteiger charge is -2.08. The molecule has 2 rings (SSSR count). The first kappa shape index (κ1) is 19.9. The number of nitrogens with one attached hydrogen (secondary N) is 1. The molecule has 0 aliphatic rings. The number of hydrogen-bond acceptors (Lipinski definition) is 4. The lowest BCUT2D eigenvalue weighted by atomic mass is 10.3. The Bertz CT molecular complexity index is 814. The third-order valence-electron chi connectivity index (χ3n) is 3.54. The maximum atomic E-state index is 13.1. The summed E-state index contributed by atoms with van der Waals surface area (Å²) in [6, 6.07) is 7.13. The van der Waals surface area contributed by atoms with Crippen molar-refractivity contribution in [2.75, 3.05) is 13.2 Å². The summed E-state index contributed by atoms with van der Waals surface area (Å²) in [4.78, 5) is 23.9. The number of unbranched alkanes of at least 4 members (excludes halogenated alkanes) is 1. The number of halogens is 2. The molecule has 0 aliphatic heterocycles. The number of ether oxygens (including phenoxy) is 1. The zero-order chi connectivity index (χ0) is 18.9. The van der Waals surface area contributed by atoms with E-state index in [1.165, 1.54) is 10.9 Å². The van der Waals surface area contributed by atoms with Gasteiger partial charge in [0.2, 0.25) is 0 Å². The molecule has 1 aromatic heterocycles. The fraction of sp³-hybridized carbons (Fsp3) is 0.353. The van der Waals surface area contributed by atoms with Crippen molar-refractivity contribution in [2.24, 2.45) is 0 Å². The third kappa shape index (κ3) is 5.55. The van der Waals surface area contributed by atoms with Crippen LogP contribution in [0.4, 0.5) is 9.18 Å². The number of carbonyl (C=O) groups is 1. The van der Waals surface area contributed by atoms with Crippen molar-refractivity contribution in [3.63, 3.8) is 0 Å². The van der Waals surface area contributed by atoms with Crippen LogP contribution < -0.4 is 11.0 Å². The van der Waals surface area contributed by atoms with Crippen molar-refractivity contribution < 1.29 is 13.9 Å². The Morgan fingerprint density at radius 3 is 2.77 bits per heavy atom. The second-order valence-electron chi connectivity index (χ2n) is 5.53. The SMILES string of the molecule is CCCCOC(=O)NC/C(=C/F)Cn1ncn(-c2ccc(Br)cc2)c1=O. The molecule has 1 aromatic carbocycles. The minimum absolute atomic E-state index is 0.0704. The van der Waals surface area contributed by atoms with Crippen LogP contribution in [0.25, 0.3) is 5.69 Å². The number of benzene rings is 1. The van der Waals surface area contributed by atoms with Gasteiger partial charge in [0.25, 0.3) is 0 Å². The molecule has 7 nitrogen and oxygen atoms in total. The van der Waals surface area contributed by atoms with E-state index in [4.69, 9.17) is 4.74 Å². The van der Waals surface area contributed by atoms with Gasteiger partial charge in [0.05, 0.1) is 25.2 Å². The lowest BCUT2D eigenvalue weighted by Crippen LogP contribution is -2.30. The van der Waals surface area contributed by atoms with Gasteiger partial charge in [-0.25, -0.2) is 23.2 Å². The van der Waals surface area contributed by atoms with Crippen LogP contribution in [0.2, 0.25) is 0 Å². The zero-order valence-electron chi connectivity index (χ0n) is 14.3. The van der Waals surface area contributed by atoms with Crippen LogP contribution in [0, 0.1) is 0 Å². The molecule has 0 radical (unpaired) electrons. The Labute approximate surface area is 158 Å². The summed E-state index contributed by atoms with van der Waals surface area (Å²) >= 11 is 3.33. The van der Waals surface area contributed by atoms with Gasteiger partial charge in [-0.15, -0.1) is 0 Å². The molecule has 0 fully saturated rings. The summed E-state index contributed by atoms with van der Waals surface area (Å²) in [5.41, 5.74) is 0.436. The molecular formula is C17H20BrFN4O3. The van der Waals surface area contributed by atoms with Gasteiger partial charge in [0, 0.05) is 11.0 Å². The molecule has 9 heteroatoms. The number of nitrogens with zero attached hydrogens (tertiary/aromatic N) is 3. The molecule has 0 aliphatic carbocycles. The summed E-state index contributed by atoms with van der Waals surface area (Å²) in [6.07, 6.45) is 2.78. The van der Waals surface area contributed by atoms with Crippen molar-refractivity contribution in [3.8, 4) is 5.69 Å². The Balaban J connectivity index is 1.97. The first-order chi connectivity index (χ1) is 12.5. The molecule has 1 amide bonds. The average molecular weight is 427 g/mol. The van der Waals surface area contributed by atoms with Crippen molar-refractivity contribution in [3.05, 3.63) is 57.5 Å². The monoisotopic (exact) mass is 426 g/mol. The van der Waals surface area contributed by atoms with Crippen LogP contribution in [-0.4, -0.2) is 33.6 Å². The van der Waals surface area contributed by atoms with Crippen molar-refractivity contribution in [2.45, 2.75) is 26.3 Å². The quantitative estimate of drug-likeness (QED) is 0.657. The number of carbonyl (C=O) groups excluding carboxylic acids is 1. The normalized spacial score (nSPS) is 11.4. The van der Waals surface area contributed by atoms with Crippen LogP contribution in [-0.2, 0) is 11.3 Å². The van der Waals surface area contributed by atoms with Crippen LogP contribution in [0.1, 0.15) is 19.8 Å². The fourth-order valence-electron chi connectivity index (χ4n) is 2.09. The van der Waals surface area contributed by atoms with Gasteiger partial charge in [-0.2, -0.15) is 5.10 Å². The number of amides is 1. The zero-order valence-corrected chi connectivity index (χ0v) is 15.9. The molecule has 26 heavy (non-hydrogen) atoms. The molecular weight excluding hydrogens is 407 g/mol. The topological polar surface area (TPSA) is 78.2 Å². The standard InChI is InChI=1S/C17H20BrFN4O3/c1-2-3-8-26-16(24)20-10-13(9-19)11-23-17(25)22(12-21-23)15-6-4-14(18)5-7-15/h4-7,9,12H,2-3,8,10-11H2,1H3,(H,20,24)/b13-9-. The Morgan fingerprint density at radius 1 is 1.38 bits per heavy atom. The molecule has 0 saturated heterocycles. The van der Waals surface area contributed by atoms with Gasteiger partial charge in [-0.1, -0.05) is 29.3 Å². The average Bonchev–Trinajstić information content (AvgIpc) is 3.00. The number of rotatable bonds is 8. The molecule has 1 N–H and O–H groups in total. The van der Waals surface area contributed by atoms with E-state index in [9.17, 15) is 14.0 Å².